The molecule has 3 rings (SSSR count). The van der Waals surface area contributed by atoms with E-state index < -0.39 is 0 Å². The van der Waals surface area contributed by atoms with Gasteiger partial charge in [-0.1, -0.05) is 23.8 Å². The van der Waals surface area contributed by atoms with E-state index in [2.05, 4.69) is 86.4 Å². The van der Waals surface area contributed by atoms with Crippen molar-refractivity contribution in [1.29, 1.82) is 0 Å². The van der Waals surface area contributed by atoms with Crippen molar-refractivity contribution in [3.05, 3.63) is 64.7 Å². The molecular weight excluding hydrogens is 332 g/mol. The van der Waals surface area contributed by atoms with Gasteiger partial charge in [-0.25, -0.2) is 4.98 Å². The molecule has 0 saturated heterocycles. The van der Waals surface area contributed by atoms with Crippen LogP contribution in [0.1, 0.15) is 36.1 Å². The molecule has 3 aromatic rings. The van der Waals surface area contributed by atoms with Gasteiger partial charge in [0.25, 0.3) is 0 Å². The van der Waals surface area contributed by atoms with Crippen LogP contribution in [-0.2, 0) is 0 Å². The number of fused-ring (bicyclic) bond motifs is 1. The maximum Gasteiger partial charge on any atom is 0.147 e. The summed E-state index contributed by atoms with van der Waals surface area (Å²) in [6.07, 6.45) is 1.83. The molecule has 4 nitrogen and oxygen atoms in total. The number of hydrogen-bond acceptors (Lipinski definition) is 4. The number of benzene rings is 2. The Kier molecular flexibility index (Phi) is 5.75. The van der Waals surface area contributed by atoms with Crippen LogP contribution in [0, 0.1) is 20.8 Å². The first kappa shape index (κ1) is 18.9. The molecule has 2 aromatic carbocycles. The molecule has 0 saturated carbocycles. The highest BCUT2D eigenvalue weighted by Crippen LogP contribution is 2.24. The van der Waals surface area contributed by atoms with Crippen molar-refractivity contribution >= 4 is 28.6 Å². The Bertz CT molecular complexity index is 954. The lowest BCUT2D eigenvalue weighted by molar-refractivity contribution is 0.866. The highest BCUT2D eigenvalue weighted by atomic mass is 15.3. The maximum atomic E-state index is 4.74. The summed E-state index contributed by atoms with van der Waals surface area (Å²) in [4.78, 5) is 7.06. The molecule has 140 valence electrons. The minimum atomic E-state index is 0.767. The number of hydrazone groups is 1. The topological polar surface area (TPSA) is 40.5 Å². The van der Waals surface area contributed by atoms with Gasteiger partial charge >= 0.3 is 0 Å². The lowest BCUT2D eigenvalue weighted by Gasteiger charge is -2.20. The van der Waals surface area contributed by atoms with Gasteiger partial charge in [0.2, 0.25) is 0 Å². The third-order valence-corrected chi connectivity index (χ3v) is 4.87. The lowest BCUT2D eigenvalue weighted by Crippen LogP contribution is -2.21. The van der Waals surface area contributed by atoms with E-state index in [1.165, 1.54) is 27.8 Å². The fraction of sp³-hybridized carbons (Fsp3) is 0.304. The van der Waals surface area contributed by atoms with Gasteiger partial charge in [0.15, 0.2) is 0 Å². The second-order valence-electron chi connectivity index (χ2n) is 6.94. The van der Waals surface area contributed by atoms with E-state index in [0.29, 0.717) is 0 Å². The molecular formula is C23H28N4. The Hall–Kier alpha value is -2.88. The van der Waals surface area contributed by atoms with Crippen molar-refractivity contribution in [3.63, 3.8) is 0 Å². The SMILES string of the molecule is CCN(CC)c1ccc(C=NNc2cc(C)c3cc(C)cc(C)c3n2)cc1. The van der Waals surface area contributed by atoms with Crippen molar-refractivity contribution in [1.82, 2.24) is 4.98 Å². The maximum absolute atomic E-state index is 4.74. The van der Waals surface area contributed by atoms with Crippen LogP contribution in [0.3, 0.4) is 0 Å². The van der Waals surface area contributed by atoms with Gasteiger partial charge in [0.1, 0.15) is 5.82 Å². The Balaban J connectivity index is 1.76. The minimum Gasteiger partial charge on any atom is -0.372 e. The molecule has 1 aromatic heterocycles. The molecule has 1 N–H and O–H groups in total. The van der Waals surface area contributed by atoms with Crippen molar-refractivity contribution in [3.8, 4) is 0 Å². The van der Waals surface area contributed by atoms with E-state index >= 15 is 0 Å². The number of pyridine rings is 1. The molecule has 0 spiro atoms. The average Bonchev–Trinajstić information content (AvgIpc) is 2.65. The fourth-order valence-corrected chi connectivity index (χ4v) is 3.43. The number of aromatic nitrogens is 1. The minimum absolute atomic E-state index is 0.767. The molecule has 0 atom stereocenters. The largest absolute Gasteiger partial charge is 0.372 e. The van der Waals surface area contributed by atoms with Gasteiger partial charge < -0.3 is 4.90 Å². The summed E-state index contributed by atoms with van der Waals surface area (Å²) >= 11 is 0. The summed E-state index contributed by atoms with van der Waals surface area (Å²) in [5, 5.41) is 5.57. The zero-order valence-electron chi connectivity index (χ0n) is 16.9. The normalized spacial score (nSPS) is 11.3. The molecule has 0 unspecified atom stereocenters. The van der Waals surface area contributed by atoms with Gasteiger partial charge in [-0.3, -0.25) is 5.43 Å². The van der Waals surface area contributed by atoms with Crippen LogP contribution in [0.15, 0.2) is 47.6 Å². The summed E-state index contributed by atoms with van der Waals surface area (Å²) < 4.78 is 0. The first-order chi connectivity index (χ1) is 13.0. The molecule has 4 heteroatoms. The smallest absolute Gasteiger partial charge is 0.147 e. The van der Waals surface area contributed by atoms with E-state index in [1.807, 2.05) is 12.3 Å². The number of anilines is 2. The van der Waals surface area contributed by atoms with Crippen LogP contribution in [0.25, 0.3) is 10.9 Å². The van der Waals surface area contributed by atoms with Gasteiger partial charge in [0.05, 0.1) is 11.7 Å². The Morgan fingerprint density at radius 2 is 1.67 bits per heavy atom. The zero-order valence-corrected chi connectivity index (χ0v) is 16.9. The van der Waals surface area contributed by atoms with Gasteiger partial charge in [-0.15, -0.1) is 0 Å². The summed E-state index contributed by atoms with van der Waals surface area (Å²) in [7, 11) is 0. The molecule has 0 fully saturated rings. The molecule has 0 aliphatic carbocycles. The third-order valence-electron chi connectivity index (χ3n) is 4.87. The molecule has 1 heterocycles. The van der Waals surface area contributed by atoms with Gasteiger partial charge in [-0.05, 0) is 75.6 Å². The number of hydrogen-bond donors (Lipinski definition) is 1. The highest BCUT2D eigenvalue weighted by Gasteiger charge is 2.06. The molecule has 0 aliphatic heterocycles. The van der Waals surface area contributed by atoms with Crippen LogP contribution in [0.5, 0.6) is 0 Å². The first-order valence-electron chi connectivity index (χ1n) is 9.54. The van der Waals surface area contributed by atoms with Crippen molar-refractivity contribution in [2.75, 3.05) is 23.4 Å². The molecule has 27 heavy (non-hydrogen) atoms. The molecule has 0 amide bonds. The number of nitrogens with one attached hydrogen (secondary N) is 1. The van der Waals surface area contributed by atoms with Crippen LogP contribution in [0.2, 0.25) is 0 Å². The number of nitrogens with zero attached hydrogens (tertiary/aromatic N) is 3. The third kappa shape index (κ3) is 4.27. The fourth-order valence-electron chi connectivity index (χ4n) is 3.43. The Morgan fingerprint density at radius 1 is 0.963 bits per heavy atom. The average molecular weight is 361 g/mol. The van der Waals surface area contributed by atoms with Crippen LogP contribution >= 0.6 is 0 Å². The van der Waals surface area contributed by atoms with Gasteiger partial charge in [0, 0.05) is 24.2 Å². The van der Waals surface area contributed by atoms with E-state index in [0.717, 1.165) is 30.0 Å². The second kappa shape index (κ2) is 8.21. The predicted octanol–water partition coefficient (Wildman–Crippen LogP) is 5.45. The van der Waals surface area contributed by atoms with Crippen LogP contribution in [0.4, 0.5) is 11.5 Å². The summed E-state index contributed by atoms with van der Waals surface area (Å²) in [6, 6.07) is 14.9. The standard InChI is InChI=1S/C23H28N4/c1-6-27(7-2)20-10-8-19(9-11-20)15-24-26-22-14-17(4)21-13-16(3)12-18(5)23(21)25-22/h8-15H,6-7H2,1-5H3,(H,25,26). The Morgan fingerprint density at radius 3 is 2.33 bits per heavy atom. The van der Waals surface area contributed by atoms with Gasteiger partial charge in [-0.2, -0.15) is 5.10 Å². The van der Waals surface area contributed by atoms with E-state index in [1.54, 1.807) is 0 Å². The van der Waals surface area contributed by atoms with E-state index in [4.69, 9.17) is 4.98 Å². The summed E-state index contributed by atoms with van der Waals surface area (Å²) in [6.45, 7) is 12.7. The quantitative estimate of drug-likeness (QED) is 0.469. The number of rotatable bonds is 6. The summed E-state index contributed by atoms with van der Waals surface area (Å²) in [5.41, 5.74) is 10.1. The van der Waals surface area contributed by atoms with Crippen LogP contribution in [-0.4, -0.2) is 24.3 Å². The first-order valence-corrected chi connectivity index (χ1v) is 9.54. The lowest BCUT2D eigenvalue weighted by atomic mass is 10.0. The highest BCUT2D eigenvalue weighted by molar-refractivity contribution is 5.87. The monoisotopic (exact) mass is 360 g/mol. The van der Waals surface area contributed by atoms with Crippen molar-refractivity contribution in [2.24, 2.45) is 5.10 Å². The summed E-state index contributed by atoms with van der Waals surface area (Å²) in [5.74, 6) is 0.767. The zero-order chi connectivity index (χ0) is 19.4. The van der Waals surface area contributed by atoms with Crippen molar-refractivity contribution in [2.45, 2.75) is 34.6 Å². The Labute approximate surface area is 161 Å². The van der Waals surface area contributed by atoms with E-state index in [-0.39, 0.29) is 0 Å². The second-order valence-corrected chi connectivity index (χ2v) is 6.94. The van der Waals surface area contributed by atoms with E-state index in [9.17, 15) is 0 Å². The number of aryl methyl sites for hydroxylation is 3. The van der Waals surface area contributed by atoms with Crippen LogP contribution < -0.4 is 10.3 Å². The van der Waals surface area contributed by atoms with Crippen molar-refractivity contribution < 1.29 is 0 Å². The molecule has 0 aliphatic rings. The predicted molar refractivity (Wildman–Crippen MR) is 117 cm³/mol. The molecule has 0 radical (unpaired) electrons. The molecule has 0 bridgehead atoms.